The minimum absolute atomic E-state index is 0.119. The Kier molecular flexibility index (Phi) is 16.2. The molecule has 1 aromatic carbocycles. The normalized spacial score (nSPS) is 49.7. The monoisotopic (exact) mass is 1080 g/mol. The largest absolute Gasteiger partial charge is 0.458 e. The topological polar surface area (TPSA) is 327 Å². The number of allylic oxidation sites excluding steroid dienone is 2. The van der Waals surface area contributed by atoms with Crippen molar-refractivity contribution in [3.63, 3.8) is 0 Å². The summed E-state index contributed by atoms with van der Waals surface area (Å²) in [5.41, 5.74) is -0.578. The maximum Gasteiger partial charge on any atom is 0.340 e. The fourth-order valence-corrected chi connectivity index (χ4v) is 17.0. The van der Waals surface area contributed by atoms with Gasteiger partial charge in [0.25, 0.3) is 0 Å². The molecule has 3 aliphatic heterocycles. The minimum Gasteiger partial charge on any atom is -0.458 e. The summed E-state index contributed by atoms with van der Waals surface area (Å²) in [6.45, 7) is 13.7. The zero-order valence-electron chi connectivity index (χ0n) is 45.2. The number of aliphatic hydroxyl groups is 12. The number of benzene rings is 1. The van der Waals surface area contributed by atoms with E-state index in [1.165, 1.54) is 5.57 Å². The van der Waals surface area contributed by atoms with Gasteiger partial charge in [-0.15, -0.1) is 0 Å². The van der Waals surface area contributed by atoms with Crippen molar-refractivity contribution in [1.82, 2.24) is 0 Å². The molecule has 0 unspecified atom stereocenters. The summed E-state index contributed by atoms with van der Waals surface area (Å²) in [6.07, 6.45) is -17.2. The maximum atomic E-state index is 14.0. The van der Waals surface area contributed by atoms with Crippen LogP contribution in [-0.4, -0.2) is 205 Å². The van der Waals surface area contributed by atoms with Crippen LogP contribution in [0.2, 0.25) is 0 Å². The van der Waals surface area contributed by atoms with Crippen LogP contribution < -0.4 is 5.32 Å². The van der Waals surface area contributed by atoms with E-state index in [2.05, 4.69) is 59.9 Å². The SMILES string of the molecule is CNc1ccccc1C(=O)O[C@H]1CC(C)(C)C[C@H]2C3=CC[C@@H]4[C@@]5(C)CC[C@H]([C@@H]6O[C@H](CO[C@@H]7O[C@H](CO[C@@H]8O[C@H](CO)[C@@H](O)[C@H](O)[C@H]8O)[C@@H](O)[C@H](O)[C@H]7O)[C@@H](O)[C@H](O)[C@H]6O)C(C)(C)[C@@H]5CC[C@@]4(C)[C@]3(C)C[C@H](O)[C@@]12CO. The highest BCUT2D eigenvalue weighted by Gasteiger charge is 2.72. The van der Waals surface area contributed by atoms with Crippen LogP contribution in [-0.2, 0) is 28.4 Å². The van der Waals surface area contributed by atoms with Crippen molar-refractivity contribution in [2.24, 2.45) is 56.2 Å². The maximum absolute atomic E-state index is 14.0. The number of rotatable bonds is 12. The molecule has 3 heterocycles. The second-order valence-electron chi connectivity index (χ2n) is 26.1. The quantitative estimate of drug-likeness (QED) is 0.101. The number of anilines is 1. The Balaban J connectivity index is 0.910. The second-order valence-corrected chi connectivity index (χ2v) is 26.1. The van der Waals surface area contributed by atoms with Crippen LogP contribution in [0.1, 0.15) is 110 Å². The van der Waals surface area contributed by atoms with Crippen molar-refractivity contribution in [2.75, 3.05) is 38.8 Å². The van der Waals surface area contributed by atoms with Gasteiger partial charge in [0.05, 0.1) is 49.6 Å². The summed E-state index contributed by atoms with van der Waals surface area (Å²) >= 11 is 0. The third-order valence-corrected chi connectivity index (χ3v) is 21.4. The lowest BCUT2D eigenvalue weighted by atomic mass is 9.32. The third kappa shape index (κ3) is 9.22. The van der Waals surface area contributed by atoms with Crippen molar-refractivity contribution in [2.45, 2.75) is 204 Å². The number of esters is 1. The second kappa shape index (κ2) is 21.1. The molecule has 9 rings (SSSR count). The van der Waals surface area contributed by atoms with E-state index in [1.54, 1.807) is 19.2 Å². The van der Waals surface area contributed by atoms with E-state index in [1.807, 2.05) is 12.1 Å². The molecule has 4 saturated carbocycles. The average Bonchev–Trinajstić information content (AvgIpc) is 3.57. The molecular formula is C56H87NO19. The minimum atomic E-state index is -1.82. The number of ether oxygens (including phenoxy) is 6. The summed E-state index contributed by atoms with van der Waals surface area (Å²) in [4.78, 5) is 14.0. The van der Waals surface area contributed by atoms with Crippen LogP contribution in [0.4, 0.5) is 5.69 Å². The molecule has 13 N–H and O–H groups in total. The Labute approximate surface area is 445 Å². The van der Waals surface area contributed by atoms with E-state index < -0.39 is 146 Å². The molecule has 3 saturated heterocycles. The van der Waals surface area contributed by atoms with Gasteiger partial charge in [0.15, 0.2) is 12.6 Å². The van der Waals surface area contributed by atoms with Crippen LogP contribution >= 0.6 is 0 Å². The van der Waals surface area contributed by atoms with Crippen molar-refractivity contribution < 1.29 is 94.5 Å². The van der Waals surface area contributed by atoms with Crippen molar-refractivity contribution in [1.29, 1.82) is 0 Å². The molecule has 25 atom stereocenters. The number of aliphatic hydroxyl groups excluding tert-OH is 12. The molecule has 430 valence electrons. The molecule has 1 aromatic rings. The fraction of sp³-hybridized carbons (Fsp3) is 0.839. The lowest BCUT2D eigenvalue weighted by Crippen LogP contribution is -2.70. The van der Waals surface area contributed by atoms with Crippen LogP contribution in [0, 0.1) is 56.2 Å². The number of hydrogen-bond donors (Lipinski definition) is 13. The highest BCUT2D eigenvalue weighted by Crippen LogP contribution is 2.76. The lowest BCUT2D eigenvalue weighted by Gasteiger charge is -2.72. The molecule has 0 aromatic heterocycles. The van der Waals surface area contributed by atoms with Crippen molar-refractivity contribution in [3.05, 3.63) is 41.5 Å². The van der Waals surface area contributed by atoms with E-state index in [9.17, 15) is 66.1 Å². The van der Waals surface area contributed by atoms with Gasteiger partial charge >= 0.3 is 5.97 Å². The van der Waals surface area contributed by atoms with Gasteiger partial charge in [-0.2, -0.15) is 0 Å². The fourth-order valence-electron chi connectivity index (χ4n) is 17.0. The summed E-state index contributed by atoms with van der Waals surface area (Å²) < 4.78 is 35.7. The highest BCUT2D eigenvalue weighted by atomic mass is 16.7. The van der Waals surface area contributed by atoms with Gasteiger partial charge in [0.1, 0.15) is 79.4 Å². The number of para-hydroxylation sites is 1. The number of hydrogen-bond acceptors (Lipinski definition) is 20. The zero-order valence-corrected chi connectivity index (χ0v) is 45.2. The first-order valence-electron chi connectivity index (χ1n) is 27.6. The first-order chi connectivity index (χ1) is 35.7. The molecule has 0 amide bonds. The van der Waals surface area contributed by atoms with Crippen molar-refractivity contribution >= 4 is 11.7 Å². The molecular weight excluding hydrogens is 991 g/mol. The molecule has 0 radical (unpaired) electrons. The molecule has 20 nitrogen and oxygen atoms in total. The molecule has 76 heavy (non-hydrogen) atoms. The Morgan fingerprint density at radius 1 is 0.671 bits per heavy atom. The van der Waals surface area contributed by atoms with Gasteiger partial charge in [-0.1, -0.05) is 72.2 Å². The Morgan fingerprint density at radius 3 is 1.86 bits per heavy atom. The van der Waals surface area contributed by atoms with E-state index in [0.29, 0.717) is 36.9 Å². The molecule has 8 aliphatic rings. The van der Waals surface area contributed by atoms with Gasteiger partial charge in [-0.3, -0.25) is 0 Å². The van der Waals surface area contributed by atoms with E-state index >= 15 is 0 Å². The van der Waals surface area contributed by atoms with E-state index in [4.69, 9.17) is 28.4 Å². The van der Waals surface area contributed by atoms with Crippen molar-refractivity contribution in [3.8, 4) is 0 Å². The number of fused-ring (bicyclic) bond motifs is 7. The predicted octanol–water partition coefficient (Wildman–Crippen LogP) is 0.735. The highest BCUT2D eigenvalue weighted by molar-refractivity contribution is 5.95. The van der Waals surface area contributed by atoms with Crippen LogP contribution in [0.15, 0.2) is 35.9 Å². The Hall–Kier alpha value is -2.45. The Bertz CT molecular complexity index is 2270. The summed E-state index contributed by atoms with van der Waals surface area (Å²) in [7, 11) is 1.75. The summed E-state index contributed by atoms with van der Waals surface area (Å²) in [6, 6.07) is 7.17. The molecule has 7 fully saturated rings. The number of nitrogens with one attached hydrogen (secondary N) is 1. The molecule has 5 aliphatic carbocycles. The smallest absolute Gasteiger partial charge is 0.340 e. The summed E-state index contributed by atoms with van der Waals surface area (Å²) in [5, 5.41) is 135. The van der Waals surface area contributed by atoms with E-state index in [-0.39, 0.29) is 46.5 Å². The van der Waals surface area contributed by atoms with Gasteiger partial charge in [-0.05, 0) is 114 Å². The Morgan fingerprint density at radius 2 is 1.25 bits per heavy atom. The number of carbonyl (C=O) groups excluding carboxylic acids is 1. The lowest BCUT2D eigenvalue weighted by molar-refractivity contribution is -0.337. The van der Waals surface area contributed by atoms with Crippen LogP contribution in [0.25, 0.3) is 0 Å². The first-order valence-corrected chi connectivity index (χ1v) is 27.6. The third-order valence-electron chi connectivity index (χ3n) is 21.4. The van der Waals surface area contributed by atoms with Gasteiger partial charge < -0.3 is 95.0 Å². The first kappa shape index (κ1) is 58.2. The number of carbonyl (C=O) groups is 1. The van der Waals surface area contributed by atoms with E-state index in [0.717, 1.165) is 25.7 Å². The molecule has 0 bridgehead atoms. The molecule has 0 spiro atoms. The molecule has 20 heteroatoms. The standard InChI is InChI=1S/C56H87NO19/c1-51(2)19-29-27-13-14-35-53(5)17-15-28(52(3,4)34(53)16-18-54(35,6)55(27,7)20-36(60)56(29,25-59)37(21-51)76-48(70)26-11-9-10-12-30(26)57-8)47-44(67)41(64)39(62)32(73-47)23-71-50-46(69)43(66)40(63)33(75-50)24-72-49-45(68)42(65)38(61)31(22-58)74-49/h9-13,28-29,31-47,49-50,57-69H,14-25H2,1-8H3/t28-,29+,31-,32-,33-,34+,35-,36+,37+,38-,39-,40-,41+,42+,43+,44-,45-,46-,47+,49-,50-,53+,54-,55-,56+/m1/s1. The van der Waals surface area contributed by atoms with Gasteiger partial charge in [0, 0.05) is 12.7 Å². The summed E-state index contributed by atoms with van der Waals surface area (Å²) in [5.74, 6) is -0.756. The van der Waals surface area contributed by atoms with Gasteiger partial charge in [-0.25, -0.2) is 4.79 Å². The van der Waals surface area contributed by atoms with Crippen LogP contribution in [0.5, 0.6) is 0 Å². The predicted molar refractivity (Wildman–Crippen MR) is 271 cm³/mol. The zero-order chi connectivity index (χ0) is 55.4. The van der Waals surface area contributed by atoms with Gasteiger partial charge in [0.2, 0.25) is 0 Å². The average molecular weight is 1080 g/mol. The van der Waals surface area contributed by atoms with Crippen LogP contribution in [0.3, 0.4) is 0 Å².